The molecule has 114 valence electrons. The quantitative estimate of drug-likeness (QED) is 0.899. The highest BCUT2D eigenvalue weighted by Gasteiger charge is 2.53. The fraction of sp³-hybridized carbons (Fsp3) is 0.750. The predicted molar refractivity (Wildman–Crippen MR) is 77.4 cm³/mol. The zero-order valence-corrected chi connectivity index (χ0v) is 12.5. The van der Waals surface area contributed by atoms with Gasteiger partial charge < -0.3 is 10.0 Å². The summed E-state index contributed by atoms with van der Waals surface area (Å²) < 4.78 is 1.79. The maximum absolute atomic E-state index is 12.6. The van der Waals surface area contributed by atoms with E-state index in [1.165, 1.54) is 12.8 Å². The number of aryl methyl sites for hydroxylation is 1. The summed E-state index contributed by atoms with van der Waals surface area (Å²) in [4.78, 5) is 14.6. The van der Waals surface area contributed by atoms with Crippen molar-refractivity contribution >= 4 is 5.91 Å². The highest BCUT2D eigenvalue weighted by Crippen LogP contribution is 2.55. The monoisotopic (exact) mass is 289 g/mol. The number of carbonyl (C=O) groups is 1. The predicted octanol–water partition coefficient (Wildman–Crippen LogP) is 1.00. The van der Waals surface area contributed by atoms with E-state index < -0.39 is 0 Å². The van der Waals surface area contributed by atoms with Gasteiger partial charge in [-0.05, 0) is 36.7 Å². The summed E-state index contributed by atoms with van der Waals surface area (Å²) in [7, 11) is 1.90. The van der Waals surface area contributed by atoms with Crippen molar-refractivity contribution in [3.05, 3.63) is 18.0 Å². The second kappa shape index (κ2) is 4.83. The van der Waals surface area contributed by atoms with Gasteiger partial charge in [-0.15, -0.1) is 0 Å². The van der Waals surface area contributed by atoms with Gasteiger partial charge in [0.2, 0.25) is 5.91 Å². The van der Waals surface area contributed by atoms with Crippen molar-refractivity contribution in [3.63, 3.8) is 0 Å². The van der Waals surface area contributed by atoms with Gasteiger partial charge in [0.25, 0.3) is 0 Å². The van der Waals surface area contributed by atoms with E-state index in [0.717, 1.165) is 24.4 Å². The number of rotatable bonds is 4. The van der Waals surface area contributed by atoms with E-state index in [0.29, 0.717) is 18.4 Å². The Hall–Kier alpha value is -1.36. The molecular formula is C16H23N3O2. The zero-order valence-electron chi connectivity index (χ0n) is 12.5. The van der Waals surface area contributed by atoms with Crippen LogP contribution >= 0.6 is 0 Å². The van der Waals surface area contributed by atoms with Crippen LogP contribution in [0.3, 0.4) is 0 Å². The first-order chi connectivity index (χ1) is 10.2. The Balaban J connectivity index is 1.44. The summed E-state index contributed by atoms with van der Waals surface area (Å²) >= 11 is 0. The van der Waals surface area contributed by atoms with Crippen LogP contribution in [0.5, 0.6) is 0 Å². The van der Waals surface area contributed by atoms with E-state index >= 15 is 0 Å². The average molecular weight is 289 g/mol. The molecule has 2 aliphatic carbocycles. The van der Waals surface area contributed by atoms with Crippen LogP contribution < -0.4 is 0 Å². The number of nitrogens with zero attached hydrogens (tertiary/aromatic N) is 3. The average Bonchev–Trinajstić information content (AvgIpc) is 3.36. The molecule has 0 radical (unpaired) electrons. The Bertz CT molecular complexity index is 551. The summed E-state index contributed by atoms with van der Waals surface area (Å²) in [6.45, 7) is 1.58. The third-order valence-corrected chi connectivity index (χ3v) is 5.52. The molecule has 5 heteroatoms. The lowest BCUT2D eigenvalue weighted by Crippen LogP contribution is -2.31. The van der Waals surface area contributed by atoms with E-state index in [2.05, 4.69) is 5.10 Å². The number of likely N-dealkylation sites (tertiary alicyclic amines) is 1. The Kier molecular flexibility index (Phi) is 3.06. The zero-order chi connectivity index (χ0) is 14.6. The van der Waals surface area contributed by atoms with Crippen LogP contribution in [0, 0.1) is 23.7 Å². The normalized spacial score (nSPS) is 35.2. The Morgan fingerprint density at radius 2 is 2.24 bits per heavy atom. The van der Waals surface area contributed by atoms with Crippen LogP contribution in [0.25, 0.3) is 0 Å². The molecule has 4 atom stereocenters. The number of carbonyl (C=O) groups excluding carboxylic acids is 1. The number of aliphatic hydroxyl groups is 1. The number of hydrogen-bond donors (Lipinski definition) is 1. The summed E-state index contributed by atoms with van der Waals surface area (Å²) in [6, 6.07) is 0. The third-order valence-electron chi connectivity index (χ3n) is 5.52. The summed E-state index contributed by atoms with van der Waals surface area (Å²) in [5.41, 5.74) is 1.14. The van der Waals surface area contributed by atoms with Crippen molar-refractivity contribution in [1.82, 2.24) is 14.7 Å². The van der Waals surface area contributed by atoms with Gasteiger partial charge >= 0.3 is 0 Å². The number of aromatic nitrogens is 2. The van der Waals surface area contributed by atoms with Crippen molar-refractivity contribution in [1.29, 1.82) is 0 Å². The first-order valence-electron chi connectivity index (χ1n) is 8.05. The Morgan fingerprint density at radius 3 is 2.86 bits per heavy atom. The lowest BCUT2D eigenvalue weighted by Gasteiger charge is -2.16. The first kappa shape index (κ1) is 13.3. The van der Waals surface area contributed by atoms with E-state index in [1.54, 1.807) is 4.68 Å². The minimum atomic E-state index is 0.139. The highest BCUT2D eigenvalue weighted by atomic mass is 16.3. The van der Waals surface area contributed by atoms with Gasteiger partial charge in [0.05, 0.1) is 6.20 Å². The van der Waals surface area contributed by atoms with Gasteiger partial charge in [-0.1, -0.05) is 0 Å². The van der Waals surface area contributed by atoms with Gasteiger partial charge in [0.15, 0.2) is 0 Å². The minimum Gasteiger partial charge on any atom is -0.396 e. The second-order valence-corrected chi connectivity index (χ2v) is 7.08. The Labute approximate surface area is 124 Å². The van der Waals surface area contributed by atoms with E-state index in [9.17, 15) is 9.90 Å². The molecule has 1 amide bonds. The SMILES string of the molecule is Cn1cc([C@@H]2CN(C(=O)[C@H]3C[C@@H]3C3CC3)C[C@H]2CO)cn1. The molecule has 0 spiro atoms. The molecule has 2 heterocycles. The third kappa shape index (κ3) is 2.37. The van der Waals surface area contributed by atoms with Gasteiger partial charge in [-0.2, -0.15) is 5.10 Å². The van der Waals surface area contributed by atoms with Gasteiger partial charge in [-0.25, -0.2) is 0 Å². The van der Waals surface area contributed by atoms with Crippen molar-refractivity contribution in [2.45, 2.75) is 25.2 Å². The smallest absolute Gasteiger partial charge is 0.226 e. The molecular weight excluding hydrogens is 266 g/mol. The van der Waals surface area contributed by atoms with E-state index in [1.807, 2.05) is 24.3 Å². The van der Waals surface area contributed by atoms with Crippen molar-refractivity contribution < 1.29 is 9.90 Å². The minimum absolute atomic E-state index is 0.139. The van der Waals surface area contributed by atoms with Crippen molar-refractivity contribution in [2.75, 3.05) is 19.7 Å². The van der Waals surface area contributed by atoms with Gasteiger partial charge in [0, 0.05) is 50.7 Å². The topological polar surface area (TPSA) is 58.4 Å². The Morgan fingerprint density at radius 1 is 1.43 bits per heavy atom. The molecule has 0 aromatic carbocycles. The maximum Gasteiger partial charge on any atom is 0.226 e. The number of aliphatic hydroxyl groups excluding tert-OH is 1. The summed E-state index contributed by atoms with van der Waals surface area (Å²) in [5.74, 6) is 2.50. The molecule has 0 bridgehead atoms. The van der Waals surface area contributed by atoms with Crippen LogP contribution in [-0.2, 0) is 11.8 Å². The van der Waals surface area contributed by atoms with E-state index in [4.69, 9.17) is 0 Å². The molecule has 3 aliphatic rings. The van der Waals surface area contributed by atoms with Crippen LogP contribution in [0.15, 0.2) is 12.4 Å². The molecule has 1 aromatic rings. The number of hydrogen-bond acceptors (Lipinski definition) is 3. The molecule has 5 nitrogen and oxygen atoms in total. The molecule has 21 heavy (non-hydrogen) atoms. The summed E-state index contributed by atoms with van der Waals surface area (Å²) in [6.07, 6.45) is 7.62. The molecule has 1 N–H and O–H groups in total. The highest BCUT2D eigenvalue weighted by molar-refractivity contribution is 5.82. The van der Waals surface area contributed by atoms with Crippen LogP contribution in [-0.4, -0.2) is 45.4 Å². The lowest BCUT2D eigenvalue weighted by atomic mass is 9.92. The molecule has 1 saturated heterocycles. The van der Waals surface area contributed by atoms with Crippen LogP contribution in [0.2, 0.25) is 0 Å². The molecule has 3 fully saturated rings. The molecule has 1 aromatic heterocycles. The molecule has 2 saturated carbocycles. The second-order valence-electron chi connectivity index (χ2n) is 7.08. The van der Waals surface area contributed by atoms with Gasteiger partial charge in [-0.3, -0.25) is 9.48 Å². The largest absolute Gasteiger partial charge is 0.396 e. The maximum atomic E-state index is 12.6. The van der Waals surface area contributed by atoms with Crippen molar-refractivity contribution in [2.24, 2.45) is 30.7 Å². The molecule has 1 aliphatic heterocycles. The fourth-order valence-electron chi connectivity index (χ4n) is 4.02. The lowest BCUT2D eigenvalue weighted by molar-refractivity contribution is -0.132. The molecule has 0 unspecified atom stereocenters. The van der Waals surface area contributed by atoms with Crippen LogP contribution in [0.1, 0.15) is 30.7 Å². The van der Waals surface area contributed by atoms with Crippen molar-refractivity contribution in [3.8, 4) is 0 Å². The van der Waals surface area contributed by atoms with Gasteiger partial charge in [0.1, 0.15) is 0 Å². The molecule has 4 rings (SSSR count). The first-order valence-corrected chi connectivity index (χ1v) is 8.05. The van der Waals surface area contributed by atoms with E-state index in [-0.39, 0.29) is 24.4 Å². The summed E-state index contributed by atoms with van der Waals surface area (Å²) in [5, 5.41) is 13.9. The standard InChI is InChI=1S/C16H23N3O2/c1-18-6-11(5-17-18)15-8-19(7-12(15)9-20)16(21)14-4-13(14)10-2-3-10/h5-6,10,12-15,20H,2-4,7-9H2,1H3/t12-,13+,14-,15-/m0/s1. The fourth-order valence-corrected chi connectivity index (χ4v) is 4.02. The number of amides is 1. The van der Waals surface area contributed by atoms with Crippen LogP contribution in [0.4, 0.5) is 0 Å².